The maximum Gasteiger partial charge on any atom is 0.233 e. The van der Waals surface area contributed by atoms with Gasteiger partial charge in [0.15, 0.2) is 0 Å². The molecule has 0 saturated carbocycles. The van der Waals surface area contributed by atoms with Crippen LogP contribution in [0.1, 0.15) is 19.6 Å². The highest BCUT2D eigenvalue weighted by Gasteiger charge is 2.14. The Morgan fingerprint density at radius 3 is 2.90 bits per heavy atom. The molecule has 0 radical (unpaired) electrons. The van der Waals surface area contributed by atoms with Gasteiger partial charge >= 0.3 is 0 Å². The van der Waals surface area contributed by atoms with Gasteiger partial charge in [0.25, 0.3) is 0 Å². The van der Waals surface area contributed by atoms with Crippen molar-refractivity contribution in [2.75, 3.05) is 18.8 Å². The van der Waals surface area contributed by atoms with E-state index in [1.54, 1.807) is 15.8 Å². The predicted octanol–water partition coefficient (Wildman–Crippen LogP) is 1.27. The minimum atomic E-state index is 0.0903. The van der Waals surface area contributed by atoms with E-state index in [-0.39, 0.29) is 5.91 Å². The molecule has 0 aromatic carbocycles. The number of hydrogen-bond acceptors (Lipinski definition) is 6. The van der Waals surface area contributed by atoms with Crippen LogP contribution in [0.2, 0.25) is 0 Å². The van der Waals surface area contributed by atoms with E-state index >= 15 is 0 Å². The molecule has 0 spiro atoms. The molecule has 2 aromatic heterocycles. The Morgan fingerprint density at radius 2 is 2.25 bits per heavy atom. The summed E-state index contributed by atoms with van der Waals surface area (Å²) in [5.41, 5.74) is 0. The summed E-state index contributed by atoms with van der Waals surface area (Å²) in [4.78, 5) is 13.7. The minimum absolute atomic E-state index is 0.0903. The second-order valence-corrected chi connectivity index (χ2v) is 5.00. The lowest BCUT2D eigenvalue weighted by atomic mass is 10.4. The molecule has 0 bridgehead atoms. The smallest absolute Gasteiger partial charge is 0.233 e. The second kappa shape index (κ2) is 7.09. The maximum atomic E-state index is 11.9. The number of furan rings is 1. The molecule has 108 valence electrons. The van der Waals surface area contributed by atoms with Crippen LogP contribution in [0.25, 0.3) is 0 Å². The van der Waals surface area contributed by atoms with Gasteiger partial charge < -0.3 is 9.32 Å². The number of tetrazole rings is 1. The van der Waals surface area contributed by atoms with Crippen LogP contribution in [0.3, 0.4) is 0 Å². The van der Waals surface area contributed by atoms with Gasteiger partial charge in [0.1, 0.15) is 12.3 Å². The normalized spacial score (nSPS) is 10.7. The Kier molecular flexibility index (Phi) is 5.16. The van der Waals surface area contributed by atoms with Crippen LogP contribution in [-0.2, 0) is 11.3 Å². The van der Waals surface area contributed by atoms with E-state index in [1.165, 1.54) is 11.8 Å². The number of hydrogen-bond donors (Lipinski definition) is 0. The Hall–Kier alpha value is -1.83. The molecule has 8 heteroatoms. The van der Waals surface area contributed by atoms with Crippen molar-refractivity contribution in [1.82, 2.24) is 25.1 Å². The molecular formula is C12H17N5O2S. The van der Waals surface area contributed by atoms with Crippen molar-refractivity contribution >= 4 is 17.7 Å². The number of carbonyl (C=O) groups is 1. The fraction of sp³-hybridized carbons (Fsp3) is 0.500. The molecule has 0 saturated heterocycles. The zero-order valence-electron chi connectivity index (χ0n) is 11.5. The SMILES string of the molecule is CCN(CC)C(=O)CSc1nnnn1Cc1ccco1. The first-order chi connectivity index (χ1) is 9.74. The molecule has 0 aliphatic heterocycles. The Morgan fingerprint density at radius 1 is 1.45 bits per heavy atom. The van der Waals surface area contributed by atoms with E-state index in [1.807, 2.05) is 26.0 Å². The van der Waals surface area contributed by atoms with E-state index in [2.05, 4.69) is 15.5 Å². The fourth-order valence-corrected chi connectivity index (χ4v) is 2.52. The summed E-state index contributed by atoms with van der Waals surface area (Å²) in [7, 11) is 0. The van der Waals surface area contributed by atoms with Gasteiger partial charge in [-0.05, 0) is 36.4 Å². The molecule has 0 aliphatic carbocycles. The third-order valence-electron chi connectivity index (χ3n) is 2.83. The van der Waals surface area contributed by atoms with E-state index in [9.17, 15) is 4.79 Å². The molecule has 1 amide bonds. The first-order valence-corrected chi connectivity index (χ1v) is 7.42. The number of nitrogens with zero attached hydrogens (tertiary/aromatic N) is 5. The van der Waals surface area contributed by atoms with Crippen molar-refractivity contribution in [2.24, 2.45) is 0 Å². The standard InChI is InChI=1S/C12H17N5O2S/c1-3-16(4-2)11(18)9-20-12-13-14-15-17(12)8-10-6-5-7-19-10/h5-7H,3-4,8-9H2,1-2H3. The molecular weight excluding hydrogens is 278 g/mol. The molecule has 0 aliphatic rings. The van der Waals surface area contributed by atoms with E-state index < -0.39 is 0 Å². The third-order valence-corrected chi connectivity index (χ3v) is 3.77. The summed E-state index contributed by atoms with van der Waals surface area (Å²) in [5, 5.41) is 12.1. The topological polar surface area (TPSA) is 77.1 Å². The first kappa shape index (κ1) is 14.6. The quantitative estimate of drug-likeness (QED) is 0.716. The average molecular weight is 295 g/mol. The van der Waals surface area contributed by atoms with Gasteiger partial charge in [0.2, 0.25) is 11.1 Å². The van der Waals surface area contributed by atoms with Crippen LogP contribution in [0, 0.1) is 0 Å². The van der Waals surface area contributed by atoms with Crippen LogP contribution >= 0.6 is 11.8 Å². The van der Waals surface area contributed by atoms with Crippen LogP contribution in [0.15, 0.2) is 28.0 Å². The zero-order valence-corrected chi connectivity index (χ0v) is 12.3. The minimum Gasteiger partial charge on any atom is -0.467 e. The Labute approximate surface area is 121 Å². The highest BCUT2D eigenvalue weighted by molar-refractivity contribution is 7.99. The molecule has 20 heavy (non-hydrogen) atoms. The predicted molar refractivity (Wildman–Crippen MR) is 74.3 cm³/mol. The van der Waals surface area contributed by atoms with Gasteiger partial charge in [0.05, 0.1) is 12.0 Å². The highest BCUT2D eigenvalue weighted by Crippen LogP contribution is 2.15. The lowest BCUT2D eigenvalue weighted by molar-refractivity contribution is -0.127. The summed E-state index contributed by atoms with van der Waals surface area (Å²) < 4.78 is 6.88. The van der Waals surface area contributed by atoms with Crippen molar-refractivity contribution < 1.29 is 9.21 Å². The Bertz CT molecular complexity index is 536. The molecule has 0 N–H and O–H groups in total. The zero-order chi connectivity index (χ0) is 14.4. The molecule has 2 aromatic rings. The van der Waals surface area contributed by atoms with Crippen molar-refractivity contribution in [3.05, 3.63) is 24.2 Å². The van der Waals surface area contributed by atoms with Crippen LogP contribution in [-0.4, -0.2) is 49.9 Å². The largest absolute Gasteiger partial charge is 0.467 e. The molecule has 0 unspecified atom stereocenters. The van der Waals surface area contributed by atoms with Crippen molar-refractivity contribution in [3.63, 3.8) is 0 Å². The molecule has 0 atom stereocenters. The lowest BCUT2D eigenvalue weighted by Gasteiger charge is -2.17. The van der Waals surface area contributed by atoms with E-state index in [0.717, 1.165) is 5.76 Å². The van der Waals surface area contributed by atoms with Crippen LogP contribution < -0.4 is 0 Å². The lowest BCUT2D eigenvalue weighted by Crippen LogP contribution is -2.31. The summed E-state index contributed by atoms with van der Waals surface area (Å²) >= 11 is 1.34. The van der Waals surface area contributed by atoms with E-state index in [0.29, 0.717) is 30.5 Å². The average Bonchev–Trinajstić information content (AvgIpc) is 3.10. The number of carbonyl (C=O) groups excluding carboxylic acids is 1. The van der Waals surface area contributed by atoms with E-state index in [4.69, 9.17) is 4.42 Å². The first-order valence-electron chi connectivity index (χ1n) is 6.43. The highest BCUT2D eigenvalue weighted by atomic mass is 32.2. The third kappa shape index (κ3) is 3.60. The van der Waals surface area contributed by atoms with Crippen molar-refractivity contribution in [1.29, 1.82) is 0 Å². The summed E-state index contributed by atoms with van der Waals surface area (Å²) in [5.74, 6) is 1.20. The molecule has 2 heterocycles. The second-order valence-electron chi connectivity index (χ2n) is 4.05. The van der Waals surface area contributed by atoms with Gasteiger partial charge in [-0.25, -0.2) is 4.68 Å². The van der Waals surface area contributed by atoms with Crippen molar-refractivity contribution in [2.45, 2.75) is 25.5 Å². The number of thioether (sulfide) groups is 1. The molecule has 7 nitrogen and oxygen atoms in total. The number of aromatic nitrogens is 4. The summed E-state index contributed by atoms with van der Waals surface area (Å²) in [6.07, 6.45) is 1.61. The molecule has 0 fully saturated rings. The fourth-order valence-electron chi connectivity index (χ4n) is 1.74. The molecule has 2 rings (SSSR count). The number of amides is 1. The van der Waals surface area contributed by atoms with Crippen LogP contribution in [0.5, 0.6) is 0 Å². The summed E-state index contributed by atoms with van der Waals surface area (Å²) in [6, 6.07) is 3.67. The van der Waals surface area contributed by atoms with Gasteiger partial charge in [0, 0.05) is 13.1 Å². The monoisotopic (exact) mass is 295 g/mol. The van der Waals surface area contributed by atoms with Gasteiger partial charge in [-0.2, -0.15) is 0 Å². The Balaban J connectivity index is 1.94. The van der Waals surface area contributed by atoms with Crippen molar-refractivity contribution in [3.8, 4) is 0 Å². The number of rotatable bonds is 7. The van der Waals surface area contributed by atoms with Gasteiger partial charge in [-0.3, -0.25) is 4.79 Å². The van der Waals surface area contributed by atoms with Gasteiger partial charge in [-0.15, -0.1) is 5.10 Å². The summed E-state index contributed by atoms with van der Waals surface area (Å²) in [6.45, 7) is 5.82. The van der Waals surface area contributed by atoms with Crippen LogP contribution in [0.4, 0.5) is 0 Å². The maximum absolute atomic E-state index is 11.9. The van der Waals surface area contributed by atoms with Gasteiger partial charge in [-0.1, -0.05) is 11.8 Å².